The maximum absolute atomic E-state index is 12.6. The second kappa shape index (κ2) is 16.0. The molecule has 0 unspecified atom stereocenters. The van der Waals surface area contributed by atoms with Gasteiger partial charge in [-0.3, -0.25) is 9.19 Å². The molecule has 2 heterocycles. The molecule has 1 aromatic carbocycles. The molecule has 0 amide bonds. The SMILES string of the molecule is COc1ccc2[n-]c([S@@](=O)Cc3ncc(C)c(OC)c3C)nc2c1.O.O.O.O.S.[Sr+2]. The summed E-state index contributed by atoms with van der Waals surface area (Å²) in [7, 11) is 1.83. The molecule has 0 saturated carbocycles. The van der Waals surface area contributed by atoms with Crippen molar-refractivity contribution in [3.63, 3.8) is 0 Å². The number of rotatable bonds is 5. The van der Waals surface area contributed by atoms with Gasteiger partial charge in [0.25, 0.3) is 0 Å². The molecular weight excluding hydrogens is 510 g/mol. The summed E-state index contributed by atoms with van der Waals surface area (Å²) in [5.41, 5.74) is 3.94. The van der Waals surface area contributed by atoms with E-state index in [4.69, 9.17) is 9.47 Å². The van der Waals surface area contributed by atoms with Crippen LogP contribution < -0.4 is 14.5 Å². The summed E-state index contributed by atoms with van der Waals surface area (Å²) in [5.74, 6) is 1.71. The van der Waals surface area contributed by atoms with Gasteiger partial charge in [-0.2, -0.15) is 13.5 Å². The van der Waals surface area contributed by atoms with E-state index in [2.05, 4.69) is 15.0 Å². The molecule has 0 aliphatic carbocycles. The first-order valence-corrected chi connectivity index (χ1v) is 8.71. The summed E-state index contributed by atoms with van der Waals surface area (Å²) in [4.78, 5) is 13.1. The topological polar surface area (TPSA) is 201 Å². The Morgan fingerprint density at radius 2 is 1.70 bits per heavy atom. The van der Waals surface area contributed by atoms with Crippen molar-refractivity contribution in [3.8, 4) is 11.5 Å². The van der Waals surface area contributed by atoms with E-state index in [0.29, 0.717) is 21.9 Å². The Bertz CT molecular complexity index is 941. The molecule has 8 N–H and O–H groups in total. The first kappa shape index (κ1) is 36.6. The average Bonchev–Trinajstić information content (AvgIpc) is 3.01. The fourth-order valence-corrected chi connectivity index (χ4v) is 3.62. The van der Waals surface area contributed by atoms with Gasteiger partial charge in [-0.15, -0.1) is 0 Å². The number of nitrogens with zero attached hydrogens (tertiary/aromatic N) is 3. The fourth-order valence-electron chi connectivity index (χ4n) is 2.55. The van der Waals surface area contributed by atoms with Crippen molar-refractivity contribution in [2.75, 3.05) is 14.2 Å². The third-order valence-electron chi connectivity index (χ3n) is 3.84. The smallest absolute Gasteiger partial charge is 0.497 e. The zero-order chi connectivity index (χ0) is 17.3. The van der Waals surface area contributed by atoms with Gasteiger partial charge in [0.15, 0.2) is 0 Å². The average molecular weight is 538 g/mol. The molecule has 0 bridgehead atoms. The zero-order valence-corrected chi connectivity index (χ0v) is 22.5. The molecule has 0 aliphatic heterocycles. The first-order chi connectivity index (χ1) is 11.5. The Morgan fingerprint density at radius 1 is 1.07 bits per heavy atom. The van der Waals surface area contributed by atoms with Crippen LogP contribution in [0.2, 0.25) is 0 Å². The van der Waals surface area contributed by atoms with E-state index in [1.54, 1.807) is 38.6 Å². The minimum Gasteiger partial charge on any atom is -0.497 e. The minimum absolute atomic E-state index is 0. The van der Waals surface area contributed by atoms with Gasteiger partial charge in [0.05, 0.1) is 36.5 Å². The summed E-state index contributed by atoms with van der Waals surface area (Å²) in [6, 6.07) is 5.39. The zero-order valence-electron chi connectivity index (χ0n) is 17.2. The van der Waals surface area contributed by atoms with Crippen molar-refractivity contribution in [2.24, 2.45) is 0 Å². The van der Waals surface area contributed by atoms with E-state index >= 15 is 0 Å². The number of aryl methyl sites for hydroxylation is 1. The molecule has 0 spiro atoms. The monoisotopic (exact) mass is 538 g/mol. The Labute approximate surface area is 221 Å². The van der Waals surface area contributed by atoms with Crippen LogP contribution in [0.15, 0.2) is 29.6 Å². The van der Waals surface area contributed by atoms with Gasteiger partial charge in [-0.1, -0.05) is 6.07 Å². The maximum atomic E-state index is 12.6. The molecule has 0 fully saturated rings. The number of aromatic nitrogens is 3. The second-order valence-electron chi connectivity index (χ2n) is 5.40. The van der Waals surface area contributed by atoms with E-state index < -0.39 is 10.8 Å². The van der Waals surface area contributed by atoms with Crippen molar-refractivity contribution in [2.45, 2.75) is 24.8 Å². The number of ether oxygens (including phenoxy) is 2. The van der Waals surface area contributed by atoms with Crippen LogP contribution in [0.3, 0.4) is 0 Å². The standard InChI is InChI=1S/C17H18N3O3S.4H2O.H2S.Sr/c1-10-8-18-15(11(2)16(10)23-4)9-24(21)17-19-13-6-5-12(22-3)7-14(13)20-17;;;;;;/h5-8H,9H2,1-4H3;5*1H2;/q-1;;;;;;+2/t24-;;;;;;/m0....../s1. The summed E-state index contributed by atoms with van der Waals surface area (Å²) in [6.07, 6.45) is 1.73. The Morgan fingerprint density at radius 3 is 2.27 bits per heavy atom. The van der Waals surface area contributed by atoms with Crippen LogP contribution in [0.5, 0.6) is 11.5 Å². The normalized spacial score (nSPS) is 9.87. The van der Waals surface area contributed by atoms with Crippen molar-refractivity contribution < 1.29 is 35.6 Å². The number of benzene rings is 1. The van der Waals surface area contributed by atoms with E-state index in [9.17, 15) is 4.21 Å². The van der Waals surface area contributed by atoms with Crippen molar-refractivity contribution >= 4 is 80.8 Å². The van der Waals surface area contributed by atoms with Gasteiger partial charge in [-0.25, -0.2) is 0 Å². The molecular formula is C17H28N3O7S2Sr+. The largest absolute Gasteiger partial charge is 2.00 e. The van der Waals surface area contributed by atoms with Crippen LogP contribution in [0.25, 0.3) is 11.0 Å². The Hall–Kier alpha value is -0.739. The van der Waals surface area contributed by atoms with Gasteiger partial charge in [0.2, 0.25) is 0 Å². The number of pyridine rings is 1. The number of fused-ring (bicyclic) bond motifs is 1. The molecule has 1 atom stereocenters. The van der Waals surface area contributed by atoms with E-state index in [0.717, 1.165) is 22.6 Å². The molecule has 166 valence electrons. The van der Waals surface area contributed by atoms with E-state index in [-0.39, 0.29) is 86.6 Å². The number of methoxy groups -OCH3 is 2. The van der Waals surface area contributed by atoms with E-state index in [1.165, 1.54) is 0 Å². The van der Waals surface area contributed by atoms with Crippen molar-refractivity contribution in [3.05, 3.63) is 41.2 Å². The van der Waals surface area contributed by atoms with Crippen LogP contribution >= 0.6 is 13.5 Å². The molecule has 30 heavy (non-hydrogen) atoms. The summed E-state index contributed by atoms with van der Waals surface area (Å²) in [6.45, 7) is 3.85. The number of hydrogen-bond acceptors (Lipinski definition) is 5. The van der Waals surface area contributed by atoms with Crippen LogP contribution in [0, 0.1) is 13.8 Å². The third kappa shape index (κ3) is 7.75. The number of imidazole rings is 1. The van der Waals surface area contributed by atoms with E-state index in [1.807, 2.05) is 13.8 Å². The third-order valence-corrected chi connectivity index (χ3v) is 4.96. The van der Waals surface area contributed by atoms with Crippen molar-refractivity contribution in [1.29, 1.82) is 0 Å². The minimum atomic E-state index is -1.38. The van der Waals surface area contributed by atoms with Crippen LogP contribution in [-0.2, 0) is 16.6 Å². The van der Waals surface area contributed by atoms with Crippen LogP contribution in [0.1, 0.15) is 16.8 Å². The van der Waals surface area contributed by atoms with Gasteiger partial charge in [0.1, 0.15) is 11.5 Å². The molecule has 3 rings (SSSR count). The van der Waals surface area contributed by atoms with Gasteiger partial charge < -0.3 is 41.3 Å². The second-order valence-corrected chi connectivity index (χ2v) is 6.74. The predicted octanol–water partition coefficient (Wildman–Crippen LogP) is -1.04. The summed E-state index contributed by atoms with van der Waals surface area (Å²) < 4.78 is 23.2. The molecule has 0 radical (unpaired) electrons. The predicted molar refractivity (Wildman–Crippen MR) is 123 cm³/mol. The van der Waals surface area contributed by atoms with Crippen molar-refractivity contribution in [1.82, 2.24) is 15.0 Å². The van der Waals surface area contributed by atoms with Crippen LogP contribution in [-0.4, -0.2) is 95.8 Å². The maximum Gasteiger partial charge on any atom is 2.00 e. The Balaban J connectivity index is -0.000000563. The Kier molecular flexibility index (Phi) is 19.5. The summed E-state index contributed by atoms with van der Waals surface area (Å²) in [5, 5.41) is 0.305. The number of hydrogen-bond donors (Lipinski definition) is 0. The van der Waals surface area contributed by atoms with Gasteiger partial charge in [-0.05, 0) is 37.0 Å². The summed E-state index contributed by atoms with van der Waals surface area (Å²) >= 11 is 0. The first-order valence-electron chi connectivity index (χ1n) is 7.39. The van der Waals surface area contributed by atoms with Crippen LogP contribution in [0.4, 0.5) is 0 Å². The fraction of sp³-hybridized carbons (Fsp3) is 0.294. The molecule has 0 aliphatic rings. The molecule has 3 aromatic rings. The quantitative estimate of drug-likeness (QED) is 0.371. The molecule has 0 saturated heterocycles. The molecule has 2 aromatic heterocycles. The van der Waals surface area contributed by atoms with Gasteiger partial charge >= 0.3 is 45.5 Å². The molecule has 13 heteroatoms. The molecule has 10 nitrogen and oxygen atoms in total. The van der Waals surface area contributed by atoms with Gasteiger partial charge in [0, 0.05) is 22.5 Å².